The van der Waals surface area contributed by atoms with Crippen molar-refractivity contribution < 1.29 is 4.79 Å². The fourth-order valence-corrected chi connectivity index (χ4v) is 1.86. The lowest BCUT2D eigenvalue weighted by molar-refractivity contribution is 0.101. The van der Waals surface area contributed by atoms with Gasteiger partial charge in [0.1, 0.15) is 0 Å². The number of rotatable bonds is 2. The molecule has 0 heterocycles. The average Bonchev–Trinajstić information content (AvgIpc) is 2.09. The summed E-state index contributed by atoms with van der Waals surface area (Å²) >= 11 is 2.16. The molecule has 0 aliphatic carbocycles. The molecule has 2 N–H and O–H groups in total. The van der Waals surface area contributed by atoms with Crippen molar-refractivity contribution in [3.63, 3.8) is 0 Å². The van der Waals surface area contributed by atoms with Crippen LogP contribution < -0.4 is 5.73 Å². The molecule has 13 heavy (non-hydrogen) atoms. The van der Waals surface area contributed by atoms with E-state index in [0.717, 1.165) is 15.6 Å². The van der Waals surface area contributed by atoms with Crippen LogP contribution in [0.2, 0.25) is 0 Å². The Morgan fingerprint density at radius 2 is 2.15 bits per heavy atom. The summed E-state index contributed by atoms with van der Waals surface area (Å²) in [6.07, 6.45) is 0.927. The highest BCUT2D eigenvalue weighted by Crippen LogP contribution is 2.22. The normalized spacial score (nSPS) is 10.1. The first-order valence-corrected chi connectivity index (χ1v) is 5.23. The third kappa shape index (κ3) is 2.21. The molecule has 1 aromatic carbocycles. The third-order valence-electron chi connectivity index (χ3n) is 1.98. The minimum Gasteiger partial charge on any atom is -0.397 e. The Bertz CT molecular complexity index is 347. The zero-order valence-corrected chi connectivity index (χ0v) is 9.88. The van der Waals surface area contributed by atoms with E-state index >= 15 is 0 Å². The number of Topliss-reactive ketones (excluding diaryl/α,β-unsaturated/α-hetero) is 1. The van der Waals surface area contributed by atoms with Crippen molar-refractivity contribution in [2.45, 2.75) is 20.3 Å². The molecule has 0 aliphatic heterocycles. The van der Waals surface area contributed by atoms with Crippen molar-refractivity contribution >= 4 is 34.1 Å². The smallest absolute Gasteiger partial charge is 0.161 e. The third-order valence-corrected chi connectivity index (χ3v) is 2.87. The number of carbonyl (C=O) groups excluding carboxylic acids is 1. The standard InChI is InChI=1S/C10H12INO/c1-3-7-4-8(6(2)13)10(12)9(11)5-7/h4-5H,3,12H2,1-2H3. The maximum atomic E-state index is 11.2. The predicted molar refractivity (Wildman–Crippen MR) is 63.0 cm³/mol. The van der Waals surface area contributed by atoms with Crippen molar-refractivity contribution in [3.8, 4) is 0 Å². The molecule has 0 aromatic heterocycles. The van der Waals surface area contributed by atoms with E-state index in [1.807, 2.05) is 12.1 Å². The van der Waals surface area contributed by atoms with E-state index in [1.54, 1.807) is 6.92 Å². The first-order valence-electron chi connectivity index (χ1n) is 4.15. The van der Waals surface area contributed by atoms with Crippen LogP contribution in [0.1, 0.15) is 29.8 Å². The van der Waals surface area contributed by atoms with Crippen LogP contribution in [0.15, 0.2) is 12.1 Å². The van der Waals surface area contributed by atoms with Gasteiger partial charge in [-0.15, -0.1) is 0 Å². The molecular formula is C10H12INO. The predicted octanol–water partition coefficient (Wildman–Crippen LogP) is 2.64. The number of hydrogen-bond donors (Lipinski definition) is 1. The largest absolute Gasteiger partial charge is 0.397 e. The molecule has 70 valence electrons. The van der Waals surface area contributed by atoms with Crippen molar-refractivity contribution in [3.05, 3.63) is 26.8 Å². The summed E-state index contributed by atoms with van der Waals surface area (Å²) in [6.45, 7) is 3.60. The van der Waals surface area contributed by atoms with Crippen LogP contribution in [0.25, 0.3) is 0 Å². The number of nitrogens with two attached hydrogens (primary N) is 1. The van der Waals surface area contributed by atoms with Gasteiger partial charge in [0.15, 0.2) is 5.78 Å². The van der Waals surface area contributed by atoms with Crippen molar-refractivity contribution in [1.82, 2.24) is 0 Å². The van der Waals surface area contributed by atoms with Crippen LogP contribution in [0, 0.1) is 3.57 Å². The molecule has 0 aliphatic rings. The SMILES string of the molecule is CCc1cc(I)c(N)c(C(C)=O)c1. The van der Waals surface area contributed by atoms with E-state index < -0.39 is 0 Å². The lowest BCUT2D eigenvalue weighted by atomic mass is 10.0. The summed E-state index contributed by atoms with van der Waals surface area (Å²) in [5.74, 6) is 0.0331. The number of hydrogen-bond acceptors (Lipinski definition) is 2. The van der Waals surface area contributed by atoms with Crippen molar-refractivity contribution in [2.75, 3.05) is 5.73 Å². The first-order chi connectivity index (χ1) is 6.06. The molecule has 0 saturated carbocycles. The highest BCUT2D eigenvalue weighted by Gasteiger charge is 2.08. The van der Waals surface area contributed by atoms with Crippen LogP contribution in [0.3, 0.4) is 0 Å². The highest BCUT2D eigenvalue weighted by atomic mass is 127. The minimum absolute atomic E-state index is 0.0331. The van der Waals surface area contributed by atoms with Crippen LogP contribution in [0.4, 0.5) is 5.69 Å². The zero-order valence-electron chi connectivity index (χ0n) is 7.73. The van der Waals surface area contributed by atoms with Crippen molar-refractivity contribution in [1.29, 1.82) is 0 Å². The summed E-state index contributed by atoms with van der Waals surface area (Å²) in [7, 11) is 0. The van der Waals surface area contributed by atoms with Crippen molar-refractivity contribution in [2.24, 2.45) is 0 Å². The Morgan fingerprint density at radius 1 is 1.54 bits per heavy atom. The summed E-state index contributed by atoms with van der Waals surface area (Å²) in [6, 6.07) is 3.89. The molecular weight excluding hydrogens is 277 g/mol. The fraction of sp³-hybridized carbons (Fsp3) is 0.300. The Morgan fingerprint density at radius 3 is 2.62 bits per heavy atom. The van der Waals surface area contributed by atoms with Crippen LogP contribution in [0.5, 0.6) is 0 Å². The average molecular weight is 289 g/mol. The van der Waals surface area contributed by atoms with Gasteiger partial charge in [0, 0.05) is 9.13 Å². The number of nitrogen functional groups attached to an aromatic ring is 1. The lowest BCUT2D eigenvalue weighted by Gasteiger charge is -2.07. The molecule has 3 heteroatoms. The first kappa shape index (κ1) is 10.5. The van der Waals surface area contributed by atoms with Gasteiger partial charge in [-0.05, 0) is 53.6 Å². The monoisotopic (exact) mass is 289 g/mol. The van der Waals surface area contributed by atoms with E-state index in [-0.39, 0.29) is 5.78 Å². The van der Waals surface area contributed by atoms with Gasteiger partial charge >= 0.3 is 0 Å². The topological polar surface area (TPSA) is 43.1 Å². The molecule has 0 radical (unpaired) electrons. The van der Waals surface area contributed by atoms with E-state index in [1.165, 1.54) is 0 Å². The number of halogens is 1. The molecule has 0 amide bonds. The lowest BCUT2D eigenvalue weighted by Crippen LogP contribution is -2.03. The Labute approximate surface area is 91.7 Å². The molecule has 0 fully saturated rings. The van der Waals surface area contributed by atoms with E-state index in [9.17, 15) is 4.79 Å². The van der Waals surface area contributed by atoms with Gasteiger partial charge < -0.3 is 5.73 Å². The Balaban J connectivity index is 3.33. The molecule has 1 rings (SSSR count). The van der Waals surface area contributed by atoms with Crippen LogP contribution >= 0.6 is 22.6 Å². The quantitative estimate of drug-likeness (QED) is 0.516. The van der Waals surface area contributed by atoms with Gasteiger partial charge in [-0.25, -0.2) is 0 Å². The Hall–Kier alpha value is -0.580. The van der Waals surface area contributed by atoms with Gasteiger partial charge in [0.2, 0.25) is 0 Å². The minimum atomic E-state index is 0.0331. The van der Waals surface area contributed by atoms with Gasteiger partial charge in [-0.2, -0.15) is 0 Å². The molecule has 2 nitrogen and oxygen atoms in total. The molecule has 0 saturated heterocycles. The maximum Gasteiger partial charge on any atom is 0.161 e. The van der Waals surface area contributed by atoms with Crippen LogP contribution in [-0.4, -0.2) is 5.78 Å². The zero-order chi connectivity index (χ0) is 10.0. The van der Waals surface area contributed by atoms with E-state index in [2.05, 4.69) is 29.5 Å². The second-order valence-corrected chi connectivity index (χ2v) is 4.11. The number of ketones is 1. The van der Waals surface area contributed by atoms with Crippen LogP contribution in [-0.2, 0) is 6.42 Å². The van der Waals surface area contributed by atoms with E-state index in [4.69, 9.17) is 5.73 Å². The summed E-state index contributed by atoms with van der Waals surface area (Å²) in [4.78, 5) is 11.2. The van der Waals surface area contributed by atoms with Gasteiger partial charge in [0.25, 0.3) is 0 Å². The van der Waals surface area contributed by atoms with E-state index in [0.29, 0.717) is 11.3 Å². The molecule has 0 unspecified atom stereocenters. The summed E-state index contributed by atoms with van der Waals surface area (Å²) in [5.41, 5.74) is 8.18. The summed E-state index contributed by atoms with van der Waals surface area (Å²) in [5, 5.41) is 0. The second kappa shape index (κ2) is 4.09. The summed E-state index contributed by atoms with van der Waals surface area (Å²) < 4.78 is 0.960. The molecule has 0 atom stereocenters. The van der Waals surface area contributed by atoms with Gasteiger partial charge in [-0.1, -0.05) is 6.92 Å². The Kier molecular flexibility index (Phi) is 3.30. The number of anilines is 1. The highest BCUT2D eigenvalue weighted by molar-refractivity contribution is 14.1. The molecule has 0 bridgehead atoms. The van der Waals surface area contributed by atoms with Gasteiger partial charge in [0.05, 0.1) is 5.69 Å². The number of carbonyl (C=O) groups is 1. The maximum absolute atomic E-state index is 11.2. The molecule has 1 aromatic rings. The molecule has 0 spiro atoms. The van der Waals surface area contributed by atoms with Gasteiger partial charge in [-0.3, -0.25) is 4.79 Å². The number of aryl methyl sites for hydroxylation is 1. The fourth-order valence-electron chi connectivity index (χ4n) is 1.17. The number of benzene rings is 1. The second-order valence-electron chi connectivity index (χ2n) is 2.95.